The Kier molecular flexibility index (Phi) is 7.02. The van der Waals surface area contributed by atoms with Gasteiger partial charge < -0.3 is 10.2 Å². The minimum absolute atomic E-state index is 0.604. The van der Waals surface area contributed by atoms with Gasteiger partial charge in [0, 0.05) is 22.6 Å². The van der Waals surface area contributed by atoms with E-state index in [0.29, 0.717) is 6.04 Å². The van der Waals surface area contributed by atoms with E-state index in [1.165, 1.54) is 0 Å². The fourth-order valence-corrected chi connectivity index (χ4v) is 1.99. The highest BCUT2D eigenvalue weighted by Gasteiger charge is 2.03. The van der Waals surface area contributed by atoms with Gasteiger partial charge in [-0.15, -0.1) is 0 Å². The zero-order valence-electron chi connectivity index (χ0n) is 11.3. The van der Waals surface area contributed by atoms with E-state index < -0.39 is 0 Å². The minimum Gasteiger partial charge on any atom is -0.313 e. The van der Waals surface area contributed by atoms with Crippen molar-refractivity contribution < 1.29 is 0 Å². The van der Waals surface area contributed by atoms with Gasteiger partial charge in [-0.2, -0.15) is 0 Å². The Hall–Kier alpha value is -0.280. The third-order valence-corrected chi connectivity index (χ3v) is 3.67. The first-order valence-corrected chi connectivity index (χ1v) is 7.11. The molecule has 0 saturated heterocycles. The number of rotatable bonds is 7. The molecule has 0 unspecified atom stereocenters. The van der Waals surface area contributed by atoms with Gasteiger partial charge in [0.15, 0.2) is 0 Å². The van der Waals surface area contributed by atoms with Crippen LogP contribution >= 0.6 is 23.2 Å². The number of nitrogens with one attached hydrogen (secondary N) is 1. The van der Waals surface area contributed by atoms with Crippen molar-refractivity contribution in [1.29, 1.82) is 0 Å². The lowest BCUT2D eigenvalue weighted by atomic mass is 10.2. The van der Waals surface area contributed by atoms with Crippen LogP contribution in [0.25, 0.3) is 0 Å². The molecule has 0 amide bonds. The van der Waals surface area contributed by atoms with Crippen molar-refractivity contribution in [3.63, 3.8) is 0 Å². The van der Waals surface area contributed by atoms with Crippen LogP contribution in [0.3, 0.4) is 0 Å². The molecule has 0 aromatic heterocycles. The molecule has 1 N–H and O–H groups in total. The predicted octanol–water partition coefficient (Wildman–Crippen LogP) is 3.81. The van der Waals surface area contributed by atoms with Crippen LogP contribution in [0.2, 0.25) is 10.0 Å². The molecule has 0 aliphatic heterocycles. The molecule has 0 saturated carbocycles. The molecule has 0 aliphatic carbocycles. The molecule has 0 heterocycles. The Bertz CT molecular complexity index is 367. The summed E-state index contributed by atoms with van der Waals surface area (Å²) in [6.07, 6.45) is 1.13. The lowest BCUT2D eigenvalue weighted by Gasteiger charge is -2.20. The lowest BCUT2D eigenvalue weighted by molar-refractivity contribution is 0.269. The molecule has 4 heteroatoms. The van der Waals surface area contributed by atoms with Crippen LogP contribution < -0.4 is 5.32 Å². The second-order valence-electron chi connectivity index (χ2n) is 4.84. The Morgan fingerprint density at radius 3 is 2.67 bits per heavy atom. The Labute approximate surface area is 120 Å². The Morgan fingerprint density at radius 2 is 2.00 bits per heavy atom. The van der Waals surface area contributed by atoms with E-state index in [9.17, 15) is 0 Å². The maximum Gasteiger partial charge on any atom is 0.0451 e. The van der Waals surface area contributed by atoms with Crippen LogP contribution in [0.5, 0.6) is 0 Å². The van der Waals surface area contributed by atoms with Gasteiger partial charge >= 0.3 is 0 Å². The molecule has 0 bridgehead atoms. The van der Waals surface area contributed by atoms with Crippen molar-refractivity contribution in [2.24, 2.45) is 0 Å². The monoisotopic (exact) mass is 288 g/mol. The standard InChI is InChI=1S/C14H22Cl2N2/c1-11(2)18(3)8-4-7-17-10-12-9-13(15)5-6-14(12)16/h5-6,9,11,17H,4,7-8,10H2,1-3H3. The summed E-state index contributed by atoms with van der Waals surface area (Å²) in [5.74, 6) is 0. The predicted molar refractivity (Wildman–Crippen MR) is 80.6 cm³/mol. The van der Waals surface area contributed by atoms with E-state index in [-0.39, 0.29) is 0 Å². The molecule has 1 aromatic rings. The number of nitrogens with zero attached hydrogens (tertiary/aromatic N) is 1. The molecule has 0 fully saturated rings. The van der Waals surface area contributed by atoms with Gasteiger partial charge in [-0.25, -0.2) is 0 Å². The smallest absolute Gasteiger partial charge is 0.0451 e. The zero-order valence-corrected chi connectivity index (χ0v) is 12.9. The van der Waals surface area contributed by atoms with Crippen LogP contribution in [-0.4, -0.2) is 31.1 Å². The first-order valence-electron chi connectivity index (χ1n) is 6.35. The summed E-state index contributed by atoms with van der Waals surface area (Å²) in [7, 11) is 2.15. The van der Waals surface area contributed by atoms with Gasteiger partial charge in [0.1, 0.15) is 0 Å². The summed E-state index contributed by atoms with van der Waals surface area (Å²) in [6, 6.07) is 6.17. The van der Waals surface area contributed by atoms with Gasteiger partial charge in [0.25, 0.3) is 0 Å². The summed E-state index contributed by atoms with van der Waals surface area (Å²) < 4.78 is 0. The minimum atomic E-state index is 0.604. The molecule has 2 nitrogen and oxygen atoms in total. The van der Waals surface area contributed by atoms with E-state index in [0.717, 1.165) is 41.7 Å². The highest BCUT2D eigenvalue weighted by Crippen LogP contribution is 2.20. The van der Waals surface area contributed by atoms with Crippen molar-refractivity contribution in [2.45, 2.75) is 32.9 Å². The van der Waals surface area contributed by atoms with E-state index in [1.807, 2.05) is 18.2 Å². The zero-order chi connectivity index (χ0) is 13.5. The van der Waals surface area contributed by atoms with Gasteiger partial charge in [0.2, 0.25) is 0 Å². The highest BCUT2D eigenvalue weighted by atomic mass is 35.5. The van der Waals surface area contributed by atoms with Gasteiger partial charge in [-0.05, 0) is 64.2 Å². The fraction of sp³-hybridized carbons (Fsp3) is 0.571. The second-order valence-corrected chi connectivity index (χ2v) is 5.68. The molecular weight excluding hydrogens is 267 g/mol. The van der Waals surface area contributed by atoms with Crippen LogP contribution in [0.15, 0.2) is 18.2 Å². The van der Waals surface area contributed by atoms with Gasteiger partial charge in [0.05, 0.1) is 0 Å². The molecule has 0 atom stereocenters. The SMILES string of the molecule is CC(C)N(C)CCCNCc1cc(Cl)ccc1Cl. The lowest BCUT2D eigenvalue weighted by Crippen LogP contribution is -2.29. The van der Waals surface area contributed by atoms with Crippen LogP contribution in [0.4, 0.5) is 0 Å². The van der Waals surface area contributed by atoms with E-state index in [4.69, 9.17) is 23.2 Å². The number of benzene rings is 1. The van der Waals surface area contributed by atoms with Crippen molar-refractivity contribution in [3.05, 3.63) is 33.8 Å². The van der Waals surface area contributed by atoms with E-state index in [1.54, 1.807) is 0 Å². The third-order valence-electron chi connectivity index (χ3n) is 3.07. The molecular formula is C14H22Cl2N2. The summed E-state index contributed by atoms with van der Waals surface area (Å²) in [5, 5.41) is 4.90. The average molecular weight is 289 g/mol. The summed E-state index contributed by atoms with van der Waals surface area (Å²) >= 11 is 12.0. The van der Waals surface area contributed by atoms with Crippen LogP contribution in [-0.2, 0) is 6.54 Å². The topological polar surface area (TPSA) is 15.3 Å². The molecule has 1 rings (SSSR count). The summed E-state index contributed by atoms with van der Waals surface area (Å²) in [6.45, 7) is 7.27. The molecule has 102 valence electrons. The van der Waals surface area contributed by atoms with Crippen molar-refractivity contribution in [2.75, 3.05) is 20.1 Å². The largest absolute Gasteiger partial charge is 0.313 e. The molecule has 1 aromatic carbocycles. The van der Waals surface area contributed by atoms with Gasteiger partial charge in [-0.3, -0.25) is 0 Å². The van der Waals surface area contributed by atoms with E-state index >= 15 is 0 Å². The first-order chi connectivity index (χ1) is 8.50. The number of halogens is 2. The normalized spacial score (nSPS) is 11.5. The average Bonchev–Trinajstić information content (AvgIpc) is 2.32. The molecule has 0 aliphatic rings. The maximum atomic E-state index is 6.09. The number of hydrogen-bond donors (Lipinski definition) is 1. The van der Waals surface area contributed by atoms with Crippen molar-refractivity contribution in [3.8, 4) is 0 Å². The third kappa shape index (κ3) is 5.57. The van der Waals surface area contributed by atoms with Crippen LogP contribution in [0.1, 0.15) is 25.8 Å². The Morgan fingerprint density at radius 1 is 1.28 bits per heavy atom. The highest BCUT2D eigenvalue weighted by molar-refractivity contribution is 6.33. The Balaban J connectivity index is 2.24. The molecule has 0 spiro atoms. The van der Waals surface area contributed by atoms with Gasteiger partial charge in [-0.1, -0.05) is 23.2 Å². The number of hydrogen-bond acceptors (Lipinski definition) is 2. The maximum absolute atomic E-state index is 6.09. The quantitative estimate of drug-likeness (QED) is 0.768. The molecule has 18 heavy (non-hydrogen) atoms. The summed E-state index contributed by atoms with van der Waals surface area (Å²) in [4.78, 5) is 2.34. The van der Waals surface area contributed by atoms with Crippen LogP contribution in [0, 0.1) is 0 Å². The fourth-order valence-electron chi connectivity index (χ4n) is 1.61. The molecule has 0 radical (unpaired) electrons. The second kappa shape index (κ2) is 8.00. The first kappa shape index (κ1) is 15.8. The van der Waals surface area contributed by atoms with E-state index in [2.05, 4.69) is 31.1 Å². The van der Waals surface area contributed by atoms with Crippen molar-refractivity contribution >= 4 is 23.2 Å². The van der Waals surface area contributed by atoms with Crippen molar-refractivity contribution in [1.82, 2.24) is 10.2 Å². The summed E-state index contributed by atoms with van der Waals surface area (Å²) in [5.41, 5.74) is 1.06.